The Morgan fingerprint density at radius 2 is 1.70 bits per heavy atom. The Morgan fingerprint density at radius 1 is 1.10 bits per heavy atom. The van der Waals surface area contributed by atoms with Crippen molar-refractivity contribution in [2.75, 3.05) is 4.90 Å². The zero-order valence-electron chi connectivity index (χ0n) is 11.0. The van der Waals surface area contributed by atoms with Crippen LogP contribution in [0.25, 0.3) is 0 Å². The highest BCUT2D eigenvalue weighted by molar-refractivity contribution is 9.10. The van der Waals surface area contributed by atoms with Crippen molar-refractivity contribution < 1.29 is 9.59 Å². The van der Waals surface area contributed by atoms with E-state index in [-0.39, 0.29) is 35.5 Å². The van der Waals surface area contributed by atoms with E-state index in [0.717, 1.165) is 16.5 Å². The largest absolute Gasteiger partial charge is 0.274 e. The van der Waals surface area contributed by atoms with E-state index in [1.54, 1.807) is 0 Å². The molecule has 0 aromatic heterocycles. The van der Waals surface area contributed by atoms with E-state index in [4.69, 9.17) is 0 Å². The number of benzene rings is 1. The molecule has 3 nitrogen and oxygen atoms in total. The van der Waals surface area contributed by atoms with Crippen molar-refractivity contribution in [3.8, 4) is 0 Å². The van der Waals surface area contributed by atoms with Crippen molar-refractivity contribution in [2.24, 2.45) is 23.7 Å². The van der Waals surface area contributed by atoms with Gasteiger partial charge in [0.2, 0.25) is 11.8 Å². The first-order valence-electron chi connectivity index (χ1n) is 6.90. The number of hydrogen-bond donors (Lipinski definition) is 0. The molecule has 2 aliphatic carbocycles. The number of imide groups is 1. The van der Waals surface area contributed by atoms with Gasteiger partial charge < -0.3 is 0 Å². The molecule has 4 heteroatoms. The molecule has 4 rings (SSSR count). The van der Waals surface area contributed by atoms with Gasteiger partial charge in [-0.15, -0.1) is 0 Å². The first-order chi connectivity index (χ1) is 9.58. The number of rotatable bonds is 1. The van der Waals surface area contributed by atoms with Crippen LogP contribution in [-0.4, -0.2) is 11.8 Å². The molecule has 2 bridgehead atoms. The molecule has 1 saturated carbocycles. The smallest absolute Gasteiger partial charge is 0.238 e. The summed E-state index contributed by atoms with van der Waals surface area (Å²) in [7, 11) is 0. The van der Waals surface area contributed by atoms with Crippen LogP contribution in [0.3, 0.4) is 0 Å². The van der Waals surface area contributed by atoms with Crippen LogP contribution in [0.1, 0.15) is 12.0 Å². The summed E-state index contributed by atoms with van der Waals surface area (Å²) in [6.07, 6.45) is 5.21. The highest BCUT2D eigenvalue weighted by Gasteiger charge is 2.59. The van der Waals surface area contributed by atoms with Gasteiger partial charge in [-0.3, -0.25) is 14.5 Å². The van der Waals surface area contributed by atoms with Gasteiger partial charge in [-0.25, -0.2) is 0 Å². The average Bonchev–Trinajstić information content (AvgIpc) is 3.08. The Hall–Kier alpha value is -1.42. The molecule has 2 fully saturated rings. The number of carbonyl (C=O) groups excluding carboxylic acids is 2. The summed E-state index contributed by atoms with van der Waals surface area (Å²) in [4.78, 5) is 26.7. The summed E-state index contributed by atoms with van der Waals surface area (Å²) < 4.78 is 0.988. The number of carbonyl (C=O) groups is 2. The first-order valence-corrected chi connectivity index (χ1v) is 7.69. The Morgan fingerprint density at radius 3 is 2.25 bits per heavy atom. The standard InChI is InChI=1S/C16H14BrNO2/c1-8-6-11(4-5-12(8)17)18-15(19)13-9-2-3-10(7-9)14(13)16(18)20/h2-6,9-10,13-14H,7H2,1H3/t9-,10-,13+,14+/m0/s1. The molecule has 4 atom stereocenters. The fourth-order valence-electron chi connectivity index (χ4n) is 3.92. The third-order valence-electron chi connectivity index (χ3n) is 4.87. The first kappa shape index (κ1) is 12.3. The Labute approximate surface area is 125 Å². The minimum Gasteiger partial charge on any atom is -0.274 e. The molecule has 0 N–H and O–H groups in total. The zero-order valence-corrected chi connectivity index (χ0v) is 12.6. The number of amides is 2. The van der Waals surface area contributed by atoms with Crippen LogP contribution in [0.2, 0.25) is 0 Å². The van der Waals surface area contributed by atoms with Gasteiger partial charge in [0.1, 0.15) is 0 Å². The van der Waals surface area contributed by atoms with E-state index < -0.39 is 0 Å². The lowest BCUT2D eigenvalue weighted by atomic mass is 9.85. The van der Waals surface area contributed by atoms with Crippen molar-refractivity contribution >= 4 is 33.4 Å². The lowest BCUT2D eigenvalue weighted by molar-refractivity contribution is -0.123. The maximum atomic E-state index is 12.6. The number of aryl methyl sites for hydroxylation is 1. The molecular weight excluding hydrogens is 318 g/mol. The third kappa shape index (κ3) is 1.46. The third-order valence-corrected chi connectivity index (χ3v) is 5.76. The van der Waals surface area contributed by atoms with E-state index in [1.165, 1.54) is 4.90 Å². The molecule has 20 heavy (non-hydrogen) atoms. The topological polar surface area (TPSA) is 37.4 Å². The Bertz CT molecular complexity index is 636. The Kier molecular flexibility index (Phi) is 2.49. The molecule has 0 spiro atoms. The van der Waals surface area contributed by atoms with Crippen molar-refractivity contribution in [3.05, 3.63) is 40.4 Å². The maximum Gasteiger partial charge on any atom is 0.238 e. The zero-order chi connectivity index (χ0) is 14.0. The van der Waals surface area contributed by atoms with Crippen molar-refractivity contribution in [3.63, 3.8) is 0 Å². The van der Waals surface area contributed by atoms with E-state index in [1.807, 2.05) is 25.1 Å². The fourth-order valence-corrected chi connectivity index (χ4v) is 4.17. The summed E-state index contributed by atoms with van der Waals surface area (Å²) in [5, 5.41) is 0. The van der Waals surface area contributed by atoms with E-state index in [9.17, 15) is 9.59 Å². The number of anilines is 1. The molecule has 1 aromatic rings. The van der Waals surface area contributed by atoms with Gasteiger partial charge in [0.15, 0.2) is 0 Å². The van der Waals surface area contributed by atoms with Gasteiger partial charge in [-0.1, -0.05) is 28.1 Å². The van der Waals surface area contributed by atoms with Crippen LogP contribution in [0.5, 0.6) is 0 Å². The minimum atomic E-state index is -0.124. The van der Waals surface area contributed by atoms with Crippen LogP contribution in [0.4, 0.5) is 5.69 Å². The fraction of sp³-hybridized carbons (Fsp3) is 0.375. The molecule has 1 aromatic carbocycles. The Balaban J connectivity index is 1.76. The number of halogens is 1. The van der Waals surface area contributed by atoms with Gasteiger partial charge in [-0.2, -0.15) is 0 Å². The molecule has 1 aliphatic heterocycles. The van der Waals surface area contributed by atoms with Crippen molar-refractivity contribution in [1.29, 1.82) is 0 Å². The van der Waals surface area contributed by atoms with Crippen molar-refractivity contribution in [2.45, 2.75) is 13.3 Å². The summed E-state index contributed by atoms with van der Waals surface area (Å²) in [5.74, 6) is 0.256. The summed E-state index contributed by atoms with van der Waals surface area (Å²) in [5.41, 5.74) is 1.73. The molecule has 1 heterocycles. The second-order valence-electron chi connectivity index (χ2n) is 5.95. The SMILES string of the molecule is Cc1cc(N2C(=O)[C@H]3[C@H](C2=O)[C@H]2C=C[C@H]3C2)ccc1Br. The molecule has 1 saturated heterocycles. The highest BCUT2D eigenvalue weighted by Crippen LogP contribution is 2.53. The predicted octanol–water partition coefficient (Wildman–Crippen LogP) is 3.07. The number of nitrogens with zero attached hydrogens (tertiary/aromatic N) is 1. The van der Waals surface area contributed by atoms with Crippen molar-refractivity contribution in [1.82, 2.24) is 0 Å². The van der Waals surface area contributed by atoms with Crippen LogP contribution in [-0.2, 0) is 9.59 Å². The van der Waals surface area contributed by atoms with Gasteiger partial charge in [-0.05, 0) is 48.9 Å². The monoisotopic (exact) mass is 331 g/mol. The molecule has 3 aliphatic rings. The molecule has 0 unspecified atom stereocenters. The quantitative estimate of drug-likeness (QED) is 0.585. The maximum absolute atomic E-state index is 12.6. The van der Waals surface area contributed by atoms with Crippen LogP contribution >= 0.6 is 15.9 Å². The molecule has 0 radical (unpaired) electrons. The van der Waals surface area contributed by atoms with E-state index in [2.05, 4.69) is 28.1 Å². The van der Waals surface area contributed by atoms with E-state index >= 15 is 0 Å². The predicted molar refractivity (Wildman–Crippen MR) is 79.1 cm³/mol. The van der Waals surface area contributed by atoms with Crippen LogP contribution < -0.4 is 4.90 Å². The van der Waals surface area contributed by atoms with E-state index in [0.29, 0.717) is 5.69 Å². The van der Waals surface area contributed by atoms with Gasteiger partial charge in [0.05, 0.1) is 17.5 Å². The number of hydrogen-bond acceptors (Lipinski definition) is 2. The normalized spacial score (nSPS) is 34.2. The molecular formula is C16H14BrNO2. The van der Waals surface area contributed by atoms with Crippen LogP contribution in [0.15, 0.2) is 34.8 Å². The lowest BCUT2D eigenvalue weighted by Crippen LogP contribution is -2.32. The molecule has 102 valence electrons. The number of fused-ring (bicyclic) bond motifs is 5. The minimum absolute atomic E-state index is 0.0152. The second-order valence-corrected chi connectivity index (χ2v) is 6.80. The molecule has 2 amide bonds. The summed E-state index contributed by atoms with van der Waals surface area (Å²) >= 11 is 3.45. The van der Waals surface area contributed by atoms with Gasteiger partial charge >= 0.3 is 0 Å². The highest BCUT2D eigenvalue weighted by atomic mass is 79.9. The van der Waals surface area contributed by atoms with Gasteiger partial charge in [0, 0.05) is 4.47 Å². The summed E-state index contributed by atoms with van der Waals surface area (Å²) in [6.45, 7) is 1.96. The summed E-state index contributed by atoms with van der Waals surface area (Å²) in [6, 6.07) is 5.63. The lowest BCUT2D eigenvalue weighted by Gasteiger charge is -2.18. The second kappa shape index (κ2) is 4.04. The van der Waals surface area contributed by atoms with Gasteiger partial charge in [0.25, 0.3) is 0 Å². The average molecular weight is 332 g/mol. The number of allylic oxidation sites excluding steroid dienone is 2. The van der Waals surface area contributed by atoms with Crippen LogP contribution in [0, 0.1) is 30.6 Å².